The molecular weight excluding hydrogens is 1010 g/mol. The van der Waals surface area contributed by atoms with Crippen LogP contribution in [0.15, 0.2) is 25.3 Å². The van der Waals surface area contributed by atoms with Crippen LogP contribution in [0.1, 0.15) is 39.5 Å². The molecule has 0 aromatic carbocycles. The van der Waals surface area contributed by atoms with Crippen LogP contribution >= 0.6 is 108 Å². The van der Waals surface area contributed by atoms with Gasteiger partial charge in [-0.05, 0) is 0 Å². The summed E-state index contributed by atoms with van der Waals surface area (Å²) in [7, 11) is 17.5. The minimum Gasteiger partial charge on any atom is -0.465 e. The van der Waals surface area contributed by atoms with Crippen LogP contribution in [0.3, 0.4) is 0 Å². The van der Waals surface area contributed by atoms with Crippen LogP contribution in [0.2, 0.25) is 0 Å². The fourth-order valence-corrected chi connectivity index (χ4v) is 20.8. The largest absolute Gasteiger partial charge is 0.465 e. The number of hydrogen-bond acceptors (Lipinski definition) is 24. The highest BCUT2D eigenvalue weighted by Gasteiger charge is 2.40. The molecule has 0 aromatic heterocycles. The van der Waals surface area contributed by atoms with E-state index in [0.717, 1.165) is 69.7 Å². The minimum absolute atomic E-state index is 0.229. The maximum Gasteiger partial charge on any atom is 0.330 e. The molecule has 5 aliphatic rings. The summed E-state index contributed by atoms with van der Waals surface area (Å²) in [5.74, 6) is 6.84. The third kappa shape index (κ3) is 22.6. The Bertz CT molecular complexity index is 1380. The fourth-order valence-electron chi connectivity index (χ4n) is 5.38. The van der Waals surface area contributed by atoms with Crippen molar-refractivity contribution in [2.45, 2.75) is 51.6 Å². The molecule has 0 bridgehead atoms. The molecule has 0 unspecified atom stereocenters. The second-order valence-electron chi connectivity index (χ2n) is 15.1. The van der Waals surface area contributed by atoms with Crippen LogP contribution in [0, 0.1) is 16.2 Å². The Hall–Kier alpha value is -0.280. The lowest BCUT2D eigenvalue weighted by molar-refractivity contribution is -0.153. The van der Waals surface area contributed by atoms with E-state index in [1.165, 1.54) is 0 Å². The van der Waals surface area contributed by atoms with Crippen molar-refractivity contribution < 1.29 is 57.2 Å². The van der Waals surface area contributed by atoms with Gasteiger partial charge in [0.1, 0.15) is 39.6 Å². The van der Waals surface area contributed by atoms with Crippen molar-refractivity contribution in [2.24, 2.45) is 22.0 Å². The predicted octanol–water partition coefficient (Wildman–Crippen LogP) is 7.12. The predicted molar refractivity (Wildman–Crippen MR) is 271 cm³/mol. The Morgan fingerprint density at radius 3 is 1.10 bits per heavy atom. The molecule has 0 atom stereocenters. The van der Waals surface area contributed by atoms with Crippen molar-refractivity contribution >= 4 is 144 Å². The second kappa shape index (κ2) is 31.7. The van der Waals surface area contributed by atoms with Crippen LogP contribution in [-0.2, 0) is 57.2 Å². The summed E-state index contributed by atoms with van der Waals surface area (Å²) in [6, 6.07) is 0.750. The highest BCUT2D eigenvalue weighted by molar-refractivity contribution is 8.78. The lowest BCUT2D eigenvalue weighted by Crippen LogP contribution is -2.41. The van der Waals surface area contributed by atoms with Gasteiger partial charge in [0.05, 0.1) is 29.1 Å². The summed E-state index contributed by atoms with van der Waals surface area (Å²) < 4.78 is 32.2. The molecule has 0 aliphatic carbocycles. The zero-order valence-electron chi connectivity index (χ0n) is 35.8. The molecule has 24 heteroatoms. The molecule has 358 valence electrons. The molecule has 2 N–H and O–H groups in total. The number of esters is 6. The number of rotatable bonds is 23. The van der Waals surface area contributed by atoms with Crippen LogP contribution in [0.4, 0.5) is 0 Å². The average Bonchev–Trinajstić information content (AvgIpc) is 4.17. The zero-order chi connectivity index (χ0) is 46.0. The molecular formula is C39H60N2O12S10. The van der Waals surface area contributed by atoms with Crippen LogP contribution in [0.5, 0.6) is 0 Å². The third-order valence-corrected chi connectivity index (χ3v) is 23.2. The van der Waals surface area contributed by atoms with Crippen molar-refractivity contribution in [1.29, 1.82) is 0 Å². The number of nitrogens with two attached hydrogens (primary N) is 1. The first kappa shape index (κ1) is 57.0. The summed E-state index contributed by atoms with van der Waals surface area (Å²) in [4.78, 5) is 72.9. The van der Waals surface area contributed by atoms with Gasteiger partial charge in [0, 0.05) is 108 Å². The second-order valence-corrected chi connectivity index (χ2v) is 27.6. The van der Waals surface area contributed by atoms with Gasteiger partial charge >= 0.3 is 35.8 Å². The molecule has 5 fully saturated rings. The van der Waals surface area contributed by atoms with Gasteiger partial charge in [-0.15, -0.1) is 0 Å². The first-order valence-electron chi connectivity index (χ1n) is 20.2. The highest BCUT2D eigenvalue weighted by Crippen LogP contribution is 2.45. The standard InChI is InChI=1S/C25H39NO8S6.C11H14O4S2.C3H7NS2/c1-3-20(27)31-11-24(15-37-38-16-24)13-33-22(29)5-7-26(19-9-35-36-10-19)8-6-23(30)34-14-25(17-39-40-18-25)12-32-21(28)4-2;1-3-9(12)14-5-11(7-16-17-8-11)6-15-10(13)4-2;4-3-1-5-6-2-3/h19H,3-18H2,1-2H3;3-4H,1-2,5-8H2;3H,1-2,4H2. The number of hydrogen-bond donors (Lipinski definition) is 1. The summed E-state index contributed by atoms with van der Waals surface area (Å²) in [6.07, 6.45) is 3.35. The number of carbonyl (C=O) groups excluding carboxylic acids is 6. The van der Waals surface area contributed by atoms with E-state index in [-0.39, 0.29) is 98.6 Å². The van der Waals surface area contributed by atoms with Gasteiger partial charge in [0.15, 0.2) is 0 Å². The van der Waals surface area contributed by atoms with Gasteiger partial charge in [-0.2, -0.15) is 0 Å². The van der Waals surface area contributed by atoms with Gasteiger partial charge < -0.3 is 34.2 Å². The first-order chi connectivity index (χ1) is 30.3. The number of nitrogens with zero attached hydrogens (tertiary/aromatic N) is 1. The van der Waals surface area contributed by atoms with E-state index < -0.39 is 11.9 Å². The Morgan fingerprint density at radius 1 is 0.508 bits per heavy atom. The van der Waals surface area contributed by atoms with Crippen molar-refractivity contribution in [2.75, 3.05) is 110 Å². The molecule has 0 saturated carbocycles. The Labute approximate surface area is 411 Å². The Kier molecular flexibility index (Phi) is 28.7. The molecule has 0 aromatic rings. The van der Waals surface area contributed by atoms with Crippen molar-refractivity contribution in [3.8, 4) is 0 Å². The van der Waals surface area contributed by atoms with Gasteiger partial charge in [-0.1, -0.05) is 135 Å². The maximum absolute atomic E-state index is 12.7. The molecule has 5 rings (SSSR count). The fraction of sp³-hybridized carbons (Fsp3) is 0.744. The molecule has 14 nitrogen and oxygen atoms in total. The highest BCUT2D eigenvalue weighted by atomic mass is 33.1. The molecule has 5 aliphatic heterocycles. The molecule has 5 saturated heterocycles. The van der Waals surface area contributed by atoms with E-state index in [2.05, 4.69) is 18.1 Å². The molecule has 0 radical (unpaired) electrons. The van der Waals surface area contributed by atoms with Crippen LogP contribution < -0.4 is 5.73 Å². The van der Waals surface area contributed by atoms with Crippen molar-refractivity contribution in [1.82, 2.24) is 4.90 Å². The topological polar surface area (TPSA) is 187 Å². The average molecular weight is 1070 g/mol. The number of ether oxygens (including phenoxy) is 6. The van der Waals surface area contributed by atoms with Crippen LogP contribution in [0.25, 0.3) is 0 Å². The Balaban J connectivity index is 0.000000374. The number of carbonyl (C=O) groups is 6. The van der Waals surface area contributed by atoms with E-state index in [1.807, 2.05) is 21.6 Å². The van der Waals surface area contributed by atoms with E-state index in [9.17, 15) is 28.8 Å². The SMILES string of the molecule is C=CC(=O)OCC1(COC(=O)C=C)CSSC1.CCC(=O)OCC1(COC(=O)CCN(CCC(=O)OCC2(COC(=O)CC)CSSC2)C2CSSC2)CSSC1.NC1CSSC1. The quantitative estimate of drug-likeness (QED) is 0.0471. The zero-order valence-corrected chi connectivity index (χ0v) is 44.0. The smallest absolute Gasteiger partial charge is 0.330 e. The van der Waals surface area contributed by atoms with Gasteiger partial charge in [0.2, 0.25) is 0 Å². The van der Waals surface area contributed by atoms with Crippen molar-refractivity contribution in [3.63, 3.8) is 0 Å². The lowest BCUT2D eigenvalue weighted by Gasteiger charge is -2.29. The summed E-state index contributed by atoms with van der Waals surface area (Å²) in [6.45, 7) is 12.7. The molecule has 63 heavy (non-hydrogen) atoms. The Morgan fingerprint density at radius 2 is 0.810 bits per heavy atom. The van der Waals surface area contributed by atoms with E-state index in [1.54, 1.807) is 100 Å². The summed E-state index contributed by atoms with van der Waals surface area (Å²) >= 11 is 0. The van der Waals surface area contributed by atoms with Gasteiger partial charge in [-0.25, -0.2) is 9.59 Å². The van der Waals surface area contributed by atoms with E-state index >= 15 is 0 Å². The molecule has 0 spiro atoms. The third-order valence-electron chi connectivity index (χ3n) is 9.52. The van der Waals surface area contributed by atoms with E-state index in [4.69, 9.17) is 34.2 Å². The van der Waals surface area contributed by atoms with Gasteiger partial charge in [-0.3, -0.25) is 24.1 Å². The summed E-state index contributed by atoms with van der Waals surface area (Å²) in [5, 5.41) is 0. The normalized spacial score (nSPS) is 19.7. The van der Waals surface area contributed by atoms with E-state index in [0.29, 0.717) is 32.0 Å². The first-order valence-corrected chi connectivity index (χ1v) is 32.7. The molecule has 0 amide bonds. The molecule has 5 heterocycles. The summed E-state index contributed by atoms with van der Waals surface area (Å²) in [5.41, 5.74) is 4.50. The lowest BCUT2D eigenvalue weighted by atomic mass is 9.95. The van der Waals surface area contributed by atoms with Crippen LogP contribution in [-0.4, -0.2) is 163 Å². The monoisotopic (exact) mass is 1070 g/mol. The van der Waals surface area contributed by atoms with Crippen molar-refractivity contribution in [3.05, 3.63) is 25.3 Å². The van der Waals surface area contributed by atoms with Gasteiger partial charge in [0.25, 0.3) is 0 Å². The minimum atomic E-state index is -0.457. The maximum atomic E-state index is 12.7.